The quantitative estimate of drug-likeness (QED) is 0.617. The minimum atomic E-state index is -0.629. The summed E-state index contributed by atoms with van der Waals surface area (Å²) in [6.07, 6.45) is 0. The number of carbonyl (C=O) groups is 2. The van der Waals surface area contributed by atoms with Crippen LogP contribution in [0.1, 0.15) is 28.9 Å². The number of rotatable bonds is 7. The van der Waals surface area contributed by atoms with E-state index >= 15 is 0 Å². The van der Waals surface area contributed by atoms with Crippen LogP contribution in [-0.2, 0) is 9.53 Å². The lowest BCUT2D eigenvalue weighted by atomic mass is 10.00. The third-order valence-electron chi connectivity index (χ3n) is 4.59. The number of esters is 1. The molecule has 0 saturated carbocycles. The van der Waals surface area contributed by atoms with Gasteiger partial charge in [-0.2, -0.15) is 0 Å². The van der Waals surface area contributed by atoms with Crippen LogP contribution in [0.5, 0.6) is 11.5 Å². The fraction of sp³-hybridized carbons (Fsp3) is 0.217. The second kappa shape index (κ2) is 9.10. The van der Waals surface area contributed by atoms with E-state index in [1.165, 1.54) is 26.4 Å². The average molecular weight is 393 g/mol. The van der Waals surface area contributed by atoms with Crippen molar-refractivity contribution in [1.82, 2.24) is 5.32 Å². The molecule has 1 N–H and O–H groups in total. The van der Waals surface area contributed by atoms with Gasteiger partial charge in [-0.3, -0.25) is 4.79 Å². The monoisotopic (exact) mass is 393 g/mol. The Labute approximate surface area is 169 Å². The summed E-state index contributed by atoms with van der Waals surface area (Å²) in [5, 5.41) is 5.05. The van der Waals surface area contributed by atoms with Crippen LogP contribution in [0.15, 0.2) is 60.7 Å². The van der Waals surface area contributed by atoms with Crippen LogP contribution in [0.4, 0.5) is 0 Å². The Bertz CT molecular complexity index is 1000. The lowest BCUT2D eigenvalue weighted by Gasteiger charge is -2.17. The maximum atomic E-state index is 12.3. The van der Waals surface area contributed by atoms with Gasteiger partial charge in [0.2, 0.25) is 0 Å². The second-order valence-electron chi connectivity index (χ2n) is 6.54. The van der Waals surface area contributed by atoms with Crippen LogP contribution in [0.25, 0.3) is 10.8 Å². The third kappa shape index (κ3) is 4.85. The van der Waals surface area contributed by atoms with E-state index in [0.29, 0.717) is 11.5 Å². The topological polar surface area (TPSA) is 73.9 Å². The van der Waals surface area contributed by atoms with Crippen LogP contribution in [-0.4, -0.2) is 32.7 Å². The molecule has 150 valence electrons. The summed E-state index contributed by atoms with van der Waals surface area (Å²) in [6, 6.07) is 18.4. The standard InChI is InChI=1S/C23H23NO5/c1-15(20-10-6-8-16-7-4-5-9-21(16)20)24-22(25)14-29-23(26)17-11-18(27-2)13-19(12-17)28-3/h4-13,15H,14H2,1-3H3,(H,24,25)/t15-/m0/s1. The Hall–Kier alpha value is -3.54. The number of amides is 1. The van der Waals surface area contributed by atoms with E-state index in [1.54, 1.807) is 6.07 Å². The SMILES string of the molecule is COc1cc(OC)cc(C(=O)OCC(=O)N[C@@H](C)c2cccc3ccccc23)c1. The lowest BCUT2D eigenvalue weighted by Crippen LogP contribution is -2.31. The van der Waals surface area contributed by atoms with Gasteiger partial charge in [0.1, 0.15) is 11.5 Å². The number of benzene rings is 3. The van der Waals surface area contributed by atoms with Gasteiger partial charge in [0, 0.05) is 6.07 Å². The van der Waals surface area contributed by atoms with E-state index in [4.69, 9.17) is 14.2 Å². The average Bonchev–Trinajstić information content (AvgIpc) is 2.76. The molecule has 6 nitrogen and oxygen atoms in total. The number of hydrogen-bond acceptors (Lipinski definition) is 5. The van der Waals surface area contributed by atoms with Crippen molar-refractivity contribution < 1.29 is 23.8 Å². The maximum Gasteiger partial charge on any atom is 0.338 e. The van der Waals surface area contributed by atoms with Crippen molar-refractivity contribution in [3.8, 4) is 11.5 Å². The first-order valence-corrected chi connectivity index (χ1v) is 9.19. The summed E-state index contributed by atoms with van der Waals surface area (Å²) in [7, 11) is 2.98. The van der Waals surface area contributed by atoms with E-state index in [1.807, 2.05) is 49.4 Å². The van der Waals surface area contributed by atoms with Gasteiger partial charge in [0.15, 0.2) is 6.61 Å². The predicted octanol–water partition coefficient (Wildman–Crippen LogP) is 3.89. The highest BCUT2D eigenvalue weighted by Gasteiger charge is 2.16. The molecule has 0 saturated heterocycles. The summed E-state index contributed by atoms with van der Waals surface area (Å²) in [4.78, 5) is 24.6. The van der Waals surface area contributed by atoms with Gasteiger partial charge in [-0.05, 0) is 35.4 Å². The molecular weight excluding hydrogens is 370 g/mol. The first-order chi connectivity index (χ1) is 14.0. The molecule has 3 aromatic carbocycles. The molecular formula is C23H23NO5. The molecule has 0 heterocycles. The first-order valence-electron chi connectivity index (χ1n) is 9.19. The smallest absolute Gasteiger partial charge is 0.338 e. The normalized spacial score (nSPS) is 11.6. The summed E-state index contributed by atoms with van der Waals surface area (Å²) in [6.45, 7) is 1.52. The number of carbonyl (C=O) groups excluding carboxylic acids is 2. The molecule has 0 aliphatic heterocycles. The Balaban J connectivity index is 1.63. The van der Waals surface area contributed by atoms with Gasteiger partial charge < -0.3 is 19.5 Å². The van der Waals surface area contributed by atoms with Gasteiger partial charge in [0.25, 0.3) is 5.91 Å². The fourth-order valence-corrected chi connectivity index (χ4v) is 3.13. The molecule has 3 aromatic rings. The lowest BCUT2D eigenvalue weighted by molar-refractivity contribution is -0.124. The van der Waals surface area contributed by atoms with E-state index in [9.17, 15) is 9.59 Å². The van der Waals surface area contributed by atoms with Crippen molar-refractivity contribution >= 4 is 22.6 Å². The zero-order valence-electron chi connectivity index (χ0n) is 16.6. The first kappa shape index (κ1) is 20.2. The van der Waals surface area contributed by atoms with Gasteiger partial charge in [-0.1, -0.05) is 42.5 Å². The molecule has 6 heteroatoms. The molecule has 0 spiro atoms. The molecule has 1 atom stereocenters. The highest BCUT2D eigenvalue weighted by atomic mass is 16.5. The van der Waals surface area contributed by atoms with E-state index in [-0.39, 0.29) is 24.1 Å². The molecule has 29 heavy (non-hydrogen) atoms. The Kier molecular flexibility index (Phi) is 6.34. The zero-order valence-corrected chi connectivity index (χ0v) is 16.6. The molecule has 0 aliphatic rings. The van der Waals surface area contributed by atoms with Gasteiger partial charge in [-0.25, -0.2) is 4.79 Å². The Morgan fingerprint density at radius 3 is 2.28 bits per heavy atom. The number of nitrogens with one attached hydrogen (secondary N) is 1. The van der Waals surface area contributed by atoms with Crippen molar-refractivity contribution in [1.29, 1.82) is 0 Å². The molecule has 1 amide bonds. The predicted molar refractivity (Wildman–Crippen MR) is 110 cm³/mol. The van der Waals surface area contributed by atoms with Gasteiger partial charge >= 0.3 is 5.97 Å². The van der Waals surface area contributed by atoms with Crippen LogP contribution in [0.3, 0.4) is 0 Å². The Morgan fingerprint density at radius 1 is 0.931 bits per heavy atom. The number of hydrogen-bond donors (Lipinski definition) is 1. The molecule has 3 rings (SSSR count). The summed E-state index contributed by atoms with van der Waals surface area (Å²) in [5.74, 6) is -0.0838. The van der Waals surface area contributed by atoms with Crippen LogP contribution in [0, 0.1) is 0 Å². The third-order valence-corrected chi connectivity index (χ3v) is 4.59. The number of ether oxygens (including phenoxy) is 3. The van der Waals surface area contributed by atoms with Crippen LogP contribution >= 0.6 is 0 Å². The van der Waals surface area contributed by atoms with Crippen molar-refractivity contribution in [3.05, 3.63) is 71.8 Å². The second-order valence-corrected chi connectivity index (χ2v) is 6.54. The van der Waals surface area contributed by atoms with Crippen molar-refractivity contribution in [2.45, 2.75) is 13.0 Å². The van der Waals surface area contributed by atoms with Crippen molar-refractivity contribution in [2.24, 2.45) is 0 Å². The van der Waals surface area contributed by atoms with Crippen LogP contribution in [0.2, 0.25) is 0 Å². The summed E-state index contributed by atoms with van der Waals surface area (Å²) < 4.78 is 15.4. The summed E-state index contributed by atoms with van der Waals surface area (Å²) >= 11 is 0. The number of fused-ring (bicyclic) bond motifs is 1. The maximum absolute atomic E-state index is 12.3. The number of methoxy groups -OCH3 is 2. The van der Waals surface area contributed by atoms with Crippen molar-refractivity contribution in [3.63, 3.8) is 0 Å². The highest BCUT2D eigenvalue weighted by molar-refractivity contribution is 5.92. The van der Waals surface area contributed by atoms with Gasteiger partial charge in [0.05, 0.1) is 25.8 Å². The zero-order chi connectivity index (χ0) is 20.8. The van der Waals surface area contributed by atoms with E-state index in [2.05, 4.69) is 5.32 Å². The molecule has 0 unspecified atom stereocenters. The highest BCUT2D eigenvalue weighted by Crippen LogP contribution is 2.24. The van der Waals surface area contributed by atoms with Crippen molar-refractivity contribution in [2.75, 3.05) is 20.8 Å². The molecule has 0 aromatic heterocycles. The Morgan fingerprint density at radius 2 is 1.59 bits per heavy atom. The molecule has 0 radical (unpaired) electrons. The molecule has 0 aliphatic carbocycles. The summed E-state index contributed by atoms with van der Waals surface area (Å²) in [5.41, 5.74) is 1.25. The largest absolute Gasteiger partial charge is 0.497 e. The fourth-order valence-electron chi connectivity index (χ4n) is 3.13. The minimum Gasteiger partial charge on any atom is -0.497 e. The van der Waals surface area contributed by atoms with Crippen LogP contribution < -0.4 is 14.8 Å². The minimum absolute atomic E-state index is 0.232. The van der Waals surface area contributed by atoms with E-state index < -0.39 is 5.97 Å². The van der Waals surface area contributed by atoms with E-state index in [0.717, 1.165) is 16.3 Å². The molecule has 0 fully saturated rings. The van der Waals surface area contributed by atoms with Gasteiger partial charge in [-0.15, -0.1) is 0 Å². The molecule has 0 bridgehead atoms.